The van der Waals surface area contributed by atoms with Gasteiger partial charge in [-0.1, -0.05) is 47.5 Å². The maximum Gasteiger partial charge on any atom is 0.507 e. The minimum atomic E-state index is -2.67. The minimum absolute atomic E-state index is 0.0456. The first-order valence-corrected chi connectivity index (χ1v) is 8.86. The van der Waals surface area contributed by atoms with E-state index in [-0.39, 0.29) is 5.04 Å². The zero-order valence-corrected chi connectivity index (χ0v) is 14.5. The Hall–Kier alpha value is 0.0969. The minimum Gasteiger partial charge on any atom is -0.376 e. The summed E-state index contributed by atoms with van der Waals surface area (Å²) in [6, 6.07) is 0. The third kappa shape index (κ3) is 2.98. The molecule has 0 bridgehead atoms. The van der Waals surface area contributed by atoms with Crippen molar-refractivity contribution in [1.29, 1.82) is 0 Å². The highest BCUT2D eigenvalue weighted by Crippen LogP contribution is 2.54. The fourth-order valence-corrected chi connectivity index (χ4v) is 6.51. The Labute approximate surface area is 115 Å². The molecule has 0 aromatic rings. The molecular weight excluding hydrogens is 244 g/mol. The van der Waals surface area contributed by atoms with Crippen LogP contribution >= 0.6 is 0 Å². The smallest absolute Gasteiger partial charge is 0.376 e. The lowest BCUT2D eigenvalue weighted by Gasteiger charge is -2.48. The number of rotatable bonds is 9. The second-order valence-corrected chi connectivity index (χ2v) is 8.59. The van der Waals surface area contributed by atoms with Crippen LogP contribution in [0.1, 0.15) is 54.4 Å². The van der Waals surface area contributed by atoms with Crippen LogP contribution in [-0.2, 0) is 13.3 Å². The molecule has 0 radical (unpaired) electrons. The molecule has 0 fully saturated rings. The van der Waals surface area contributed by atoms with E-state index in [4.69, 9.17) is 13.3 Å². The van der Waals surface area contributed by atoms with E-state index in [0.717, 1.165) is 12.8 Å². The predicted molar refractivity (Wildman–Crippen MR) is 78.7 cm³/mol. The summed E-state index contributed by atoms with van der Waals surface area (Å²) >= 11 is 0. The van der Waals surface area contributed by atoms with Gasteiger partial charge in [-0.05, 0) is 18.8 Å². The molecule has 0 N–H and O–H groups in total. The van der Waals surface area contributed by atoms with Crippen LogP contribution in [0.15, 0.2) is 0 Å². The molecule has 110 valence electrons. The van der Waals surface area contributed by atoms with Crippen LogP contribution in [0.25, 0.3) is 0 Å². The van der Waals surface area contributed by atoms with E-state index >= 15 is 0 Å². The highest BCUT2D eigenvalue weighted by molar-refractivity contribution is 6.64. The van der Waals surface area contributed by atoms with Gasteiger partial charge in [-0.15, -0.1) is 0 Å². The van der Waals surface area contributed by atoms with Crippen molar-refractivity contribution in [2.75, 3.05) is 20.8 Å². The second-order valence-electron chi connectivity index (χ2n) is 5.30. The van der Waals surface area contributed by atoms with Gasteiger partial charge in [0, 0.05) is 25.9 Å². The molecule has 18 heavy (non-hydrogen) atoms. The van der Waals surface area contributed by atoms with Crippen LogP contribution in [0.3, 0.4) is 0 Å². The van der Waals surface area contributed by atoms with Gasteiger partial charge in [-0.3, -0.25) is 0 Å². The Kier molecular flexibility index (Phi) is 7.67. The van der Waals surface area contributed by atoms with Crippen molar-refractivity contribution < 1.29 is 13.3 Å². The molecule has 0 saturated heterocycles. The lowest BCUT2D eigenvalue weighted by atomic mass is 9.81. The van der Waals surface area contributed by atoms with Gasteiger partial charge < -0.3 is 13.3 Å². The van der Waals surface area contributed by atoms with Gasteiger partial charge in [0.15, 0.2) is 0 Å². The Bertz CT molecular complexity index is 219. The molecule has 0 aromatic carbocycles. The Morgan fingerprint density at radius 1 is 0.944 bits per heavy atom. The first-order valence-electron chi connectivity index (χ1n) is 7.14. The van der Waals surface area contributed by atoms with Crippen LogP contribution in [0.4, 0.5) is 0 Å². The van der Waals surface area contributed by atoms with Crippen molar-refractivity contribution in [3.63, 3.8) is 0 Å². The quantitative estimate of drug-likeness (QED) is 0.593. The topological polar surface area (TPSA) is 27.7 Å². The van der Waals surface area contributed by atoms with Crippen molar-refractivity contribution in [3.05, 3.63) is 0 Å². The van der Waals surface area contributed by atoms with Crippen LogP contribution in [0.2, 0.25) is 5.04 Å². The summed E-state index contributed by atoms with van der Waals surface area (Å²) in [6.07, 6.45) is 2.21. The zero-order chi connectivity index (χ0) is 14.4. The van der Waals surface area contributed by atoms with E-state index < -0.39 is 8.80 Å². The first kappa shape index (κ1) is 18.1. The molecule has 0 rings (SSSR count). The molecule has 2 unspecified atom stereocenters. The first-order chi connectivity index (χ1) is 8.39. The maximum atomic E-state index is 6.03. The van der Waals surface area contributed by atoms with Crippen molar-refractivity contribution >= 4 is 8.80 Å². The molecule has 0 amide bonds. The van der Waals surface area contributed by atoms with Gasteiger partial charge in [0.05, 0.1) is 0 Å². The molecule has 4 heteroatoms. The molecule has 0 heterocycles. The zero-order valence-electron chi connectivity index (χ0n) is 13.5. The van der Waals surface area contributed by atoms with Crippen LogP contribution in [0.5, 0.6) is 0 Å². The standard InChI is InChI=1S/C14H32O3Si/c1-9-12(4)14(6,13(5)10-2)18(15-7,16-8)17-11-3/h12-13H,9-11H2,1-8H3. The number of hydrogen-bond acceptors (Lipinski definition) is 3. The van der Waals surface area contributed by atoms with Gasteiger partial charge in [-0.25, -0.2) is 0 Å². The summed E-state index contributed by atoms with van der Waals surface area (Å²) in [6.45, 7) is 13.9. The largest absolute Gasteiger partial charge is 0.507 e. The average molecular weight is 276 g/mol. The highest BCUT2D eigenvalue weighted by Gasteiger charge is 2.61. The van der Waals surface area contributed by atoms with Crippen molar-refractivity contribution in [2.24, 2.45) is 11.8 Å². The third-order valence-electron chi connectivity index (χ3n) is 4.80. The predicted octanol–water partition coefficient (Wildman–Crippen LogP) is 4.11. The second kappa shape index (κ2) is 7.63. The molecule has 3 nitrogen and oxygen atoms in total. The Morgan fingerprint density at radius 3 is 1.56 bits per heavy atom. The summed E-state index contributed by atoms with van der Waals surface area (Å²) in [4.78, 5) is 0. The lowest BCUT2D eigenvalue weighted by Crippen LogP contribution is -2.58. The Balaban J connectivity index is 5.62. The summed E-state index contributed by atoms with van der Waals surface area (Å²) < 4.78 is 17.7. The molecular formula is C14H32O3Si. The summed E-state index contributed by atoms with van der Waals surface area (Å²) in [5.41, 5.74) is 0. The average Bonchev–Trinajstić information content (AvgIpc) is 2.41. The lowest BCUT2D eigenvalue weighted by molar-refractivity contribution is 0.0437. The summed E-state index contributed by atoms with van der Waals surface area (Å²) in [7, 11) is 0.796. The molecule has 0 spiro atoms. The third-order valence-corrected chi connectivity index (χ3v) is 8.85. The van der Waals surface area contributed by atoms with Crippen LogP contribution < -0.4 is 0 Å². The molecule has 2 atom stereocenters. The number of hydrogen-bond donors (Lipinski definition) is 0. The maximum absolute atomic E-state index is 6.03. The van der Waals surface area contributed by atoms with E-state index in [0.29, 0.717) is 18.4 Å². The molecule has 0 aromatic heterocycles. The summed E-state index contributed by atoms with van der Waals surface area (Å²) in [5.74, 6) is 1.01. The molecule has 0 aliphatic rings. The summed E-state index contributed by atoms with van der Waals surface area (Å²) in [5, 5.41) is -0.0456. The van der Waals surface area contributed by atoms with Gasteiger partial charge in [0.2, 0.25) is 0 Å². The van der Waals surface area contributed by atoms with Gasteiger partial charge in [0.25, 0.3) is 0 Å². The molecule has 0 aliphatic carbocycles. The Morgan fingerprint density at radius 2 is 1.33 bits per heavy atom. The van der Waals surface area contributed by atoms with E-state index in [1.165, 1.54) is 0 Å². The fourth-order valence-electron chi connectivity index (χ4n) is 2.92. The SMILES string of the molecule is CCO[Si](OC)(OC)C(C)(C(C)CC)C(C)CC. The van der Waals surface area contributed by atoms with Crippen molar-refractivity contribution in [2.45, 2.75) is 59.4 Å². The fraction of sp³-hybridized carbons (Fsp3) is 1.00. The van der Waals surface area contributed by atoms with E-state index in [9.17, 15) is 0 Å². The van der Waals surface area contributed by atoms with Crippen LogP contribution in [0, 0.1) is 11.8 Å². The highest BCUT2D eigenvalue weighted by atomic mass is 28.4. The monoisotopic (exact) mass is 276 g/mol. The van der Waals surface area contributed by atoms with E-state index in [1.807, 2.05) is 6.92 Å². The molecule has 0 saturated carbocycles. The van der Waals surface area contributed by atoms with Crippen LogP contribution in [-0.4, -0.2) is 29.6 Å². The van der Waals surface area contributed by atoms with Gasteiger partial charge >= 0.3 is 8.80 Å². The van der Waals surface area contributed by atoms with Gasteiger partial charge in [-0.2, -0.15) is 0 Å². The van der Waals surface area contributed by atoms with Crippen molar-refractivity contribution in [3.8, 4) is 0 Å². The molecule has 0 aliphatic heterocycles. The van der Waals surface area contributed by atoms with E-state index in [1.54, 1.807) is 14.2 Å². The normalized spacial score (nSPS) is 19.3. The van der Waals surface area contributed by atoms with E-state index in [2.05, 4.69) is 34.6 Å². The van der Waals surface area contributed by atoms with Gasteiger partial charge in [0.1, 0.15) is 0 Å². The van der Waals surface area contributed by atoms with Crippen molar-refractivity contribution in [1.82, 2.24) is 0 Å².